The van der Waals surface area contributed by atoms with E-state index in [1.54, 1.807) is 4.90 Å². The molecule has 1 saturated carbocycles. The first-order chi connectivity index (χ1) is 9.56. The monoisotopic (exact) mass is 278 g/mol. The molecule has 2 rings (SSSR count). The minimum Gasteiger partial charge on any atom is -0.464 e. The number of furan rings is 1. The topological polar surface area (TPSA) is 36.7 Å². The summed E-state index contributed by atoms with van der Waals surface area (Å²) < 4.78 is 5.52. The van der Waals surface area contributed by atoms with Crippen LogP contribution >= 0.6 is 0 Å². The molecule has 0 N–H and O–H groups in total. The molecule has 0 aromatic carbocycles. The van der Waals surface area contributed by atoms with Crippen LogP contribution < -0.4 is 0 Å². The van der Waals surface area contributed by atoms with Crippen LogP contribution in [0.5, 0.6) is 0 Å². The number of likely N-dealkylation sites (N-methyl/N-ethyl adjacent to an activating group) is 2. The minimum atomic E-state index is 0.159. The molecule has 0 atom stereocenters. The van der Waals surface area contributed by atoms with Gasteiger partial charge in [0.1, 0.15) is 11.5 Å². The average molecular weight is 278 g/mol. The second kappa shape index (κ2) is 6.93. The highest BCUT2D eigenvalue weighted by atomic mass is 16.3. The zero-order valence-corrected chi connectivity index (χ0v) is 12.9. The highest BCUT2D eigenvalue weighted by Crippen LogP contribution is 2.21. The fourth-order valence-electron chi connectivity index (χ4n) is 2.88. The molecule has 0 unspecified atom stereocenters. The number of carbonyl (C=O) groups is 1. The molecule has 0 radical (unpaired) electrons. The largest absolute Gasteiger partial charge is 0.464 e. The van der Waals surface area contributed by atoms with Gasteiger partial charge in [0.15, 0.2) is 0 Å². The summed E-state index contributed by atoms with van der Waals surface area (Å²) in [4.78, 5) is 16.2. The van der Waals surface area contributed by atoms with Gasteiger partial charge < -0.3 is 9.32 Å². The van der Waals surface area contributed by atoms with Crippen LogP contribution in [0.4, 0.5) is 0 Å². The van der Waals surface area contributed by atoms with Crippen molar-refractivity contribution in [3.63, 3.8) is 0 Å². The van der Waals surface area contributed by atoms with Gasteiger partial charge in [-0.3, -0.25) is 9.69 Å². The van der Waals surface area contributed by atoms with Gasteiger partial charge in [0.25, 0.3) is 0 Å². The lowest BCUT2D eigenvalue weighted by atomic mass is 9.94. The Morgan fingerprint density at radius 2 is 1.95 bits per heavy atom. The maximum absolute atomic E-state index is 12.2. The maximum Gasteiger partial charge on any atom is 0.236 e. The Morgan fingerprint density at radius 3 is 2.55 bits per heavy atom. The molecule has 1 aromatic rings. The van der Waals surface area contributed by atoms with Crippen molar-refractivity contribution in [3.05, 3.63) is 23.7 Å². The van der Waals surface area contributed by atoms with Crippen molar-refractivity contribution in [1.82, 2.24) is 9.80 Å². The molecular formula is C16H26N2O2. The fourth-order valence-corrected chi connectivity index (χ4v) is 2.88. The van der Waals surface area contributed by atoms with Crippen LogP contribution in [0.1, 0.15) is 43.6 Å². The normalized spacial score (nSPS) is 16.6. The first-order valence-electron chi connectivity index (χ1n) is 7.56. The summed E-state index contributed by atoms with van der Waals surface area (Å²) in [5, 5.41) is 0. The Hall–Kier alpha value is -1.29. The number of rotatable bonds is 5. The molecule has 4 nitrogen and oxygen atoms in total. The summed E-state index contributed by atoms with van der Waals surface area (Å²) in [5.41, 5.74) is 0. The van der Waals surface area contributed by atoms with Gasteiger partial charge in [0.2, 0.25) is 5.91 Å². The van der Waals surface area contributed by atoms with Crippen molar-refractivity contribution in [3.8, 4) is 0 Å². The molecule has 0 spiro atoms. The number of nitrogens with zero attached hydrogens (tertiary/aromatic N) is 2. The van der Waals surface area contributed by atoms with Crippen molar-refractivity contribution in [2.75, 3.05) is 20.6 Å². The second-order valence-corrected chi connectivity index (χ2v) is 5.97. The van der Waals surface area contributed by atoms with Crippen LogP contribution in [0.15, 0.2) is 16.5 Å². The molecule has 0 saturated heterocycles. The zero-order chi connectivity index (χ0) is 14.5. The molecule has 1 fully saturated rings. The Bertz CT molecular complexity index is 435. The third-order valence-electron chi connectivity index (χ3n) is 4.20. The van der Waals surface area contributed by atoms with Gasteiger partial charge in [-0.15, -0.1) is 0 Å². The van der Waals surface area contributed by atoms with Crippen molar-refractivity contribution in [1.29, 1.82) is 0 Å². The van der Waals surface area contributed by atoms with E-state index < -0.39 is 0 Å². The molecule has 1 aromatic heterocycles. The number of amides is 1. The van der Waals surface area contributed by atoms with Crippen molar-refractivity contribution >= 4 is 5.91 Å². The summed E-state index contributed by atoms with van der Waals surface area (Å²) in [6, 6.07) is 4.44. The maximum atomic E-state index is 12.2. The van der Waals surface area contributed by atoms with Gasteiger partial charge in [0.05, 0.1) is 13.1 Å². The van der Waals surface area contributed by atoms with Crippen LogP contribution in [-0.4, -0.2) is 42.4 Å². The van der Waals surface area contributed by atoms with Crippen molar-refractivity contribution in [2.24, 2.45) is 0 Å². The lowest BCUT2D eigenvalue weighted by Crippen LogP contribution is -2.41. The summed E-state index contributed by atoms with van der Waals surface area (Å²) in [6.07, 6.45) is 6.39. The van der Waals surface area contributed by atoms with Gasteiger partial charge >= 0.3 is 0 Å². The van der Waals surface area contributed by atoms with Crippen LogP contribution in [0.3, 0.4) is 0 Å². The molecule has 20 heavy (non-hydrogen) atoms. The standard InChI is InChI=1S/C16H26N2O2/c1-13-9-10-15(20-13)11-18(3)16(19)12-17(2)14-7-5-4-6-8-14/h9-10,14H,4-8,11-12H2,1-3H3. The van der Waals surface area contributed by atoms with Crippen LogP contribution in [0.25, 0.3) is 0 Å². The first-order valence-corrected chi connectivity index (χ1v) is 7.56. The van der Waals surface area contributed by atoms with Crippen LogP contribution in [0, 0.1) is 6.92 Å². The molecule has 0 aliphatic heterocycles. The van der Waals surface area contributed by atoms with E-state index in [4.69, 9.17) is 4.42 Å². The lowest BCUT2D eigenvalue weighted by Gasteiger charge is -2.31. The van der Waals surface area contributed by atoms with Gasteiger partial charge in [-0.05, 0) is 38.9 Å². The summed E-state index contributed by atoms with van der Waals surface area (Å²) in [6.45, 7) is 2.97. The van der Waals surface area contributed by atoms with Crippen LogP contribution in [0.2, 0.25) is 0 Å². The van der Waals surface area contributed by atoms with Gasteiger partial charge in [0, 0.05) is 13.1 Å². The van der Waals surface area contributed by atoms with E-state index in [9.17, 15) is 4.79 Å². The Kier molecular flexibility index (Phi) is 5.24. The lowest BCUT2D eigenvalue weighted by molar-refractivity contribution is -0.132. The van der Waals surface area contributed by atoms with E-state index in [0.29, 0.717) is 19.1 Å². The first kappa shape index (κ1) is 15.1. The van der Waals surface area contributed by atoms with Gasteiger partial charge in [-0.25, -0.2) is 0 Å². The van der Waals surface area contributed by atoms with Crippen LogP contribution in [-0.2, 0) is 11.3 Å². The molecule has 1 aliphatic carbocycles. The Balaban J connectivity index is 1.80. The third kappa shape index (κ3) is 4.10. The smallest absolute Gasteiger partial charge is 0.236 e. The number of aryl methyl sites for hydroxylation is 1. The highest BCUT2D eigenvalue weighted by Gasteiger charge is 2.21. The number of hydrogen-bond acceptors (Lipinski definition) is 3. The summed E-state index contributed by atoms with van der Waals surface area (Å²) in [7, 11) is 3.91. The van der Waals surface area contributed by atoms with Crippen molar-refractivity contribution in [2.45, 2.75) is 51.6 Å². The molecule has 0 bridgehead atoms. The van der Waals surface area contributed by atoms with Gasteiger partial charge in [-0.2, -0.15) is 0 Å². The number of carbonyl (C=O) groups excluding carboxylic acids is 1. The van der Waals surface area contributed by atoms with E-state index >= 15 is 0 Å². The summed E-state index contributed by atoms with van der Waals surface area (Å²) in [5.74, 6) is 1.89. The van der Waals surface area contributed by atoms with E-state index in [1.165, 1.54) is 32.1 Å². The van der Waals surface area contributed by atoms with E-state index in [1.807, 2.05) is 26.1 Å². The molecule has 1 aliphatic rings. The second-order valence-electron chi connectivity index (χ2n) is 5.97. The Labute approximate surface area is 121 Å². The third-order valence-corrected chi connectivity index (χ3v) is 4.20. The molecule has 112 valence electrons. The molecular weight excluding hydrogens is 252 g/mol. The Morgan fingerprint density at radius 1 is 1.25 bits per heavy atom. The number of hydrogen-bond donors (Lipinski definition) is 0. The zero-order valence-electron chi connectivity index (χ0n) is 12.9. The minimum absolute atomic E-state index is 0.159. The van der Waals surface area contributed by atoms with Gasteiger partial charge in [-0.1, -0.05) is 19.3 Å². The predicted molar refractivity (Wildman–Crippen MR) is 79.4 cm³/mol. The highest BCUT2D eigenvalue weighted by molar-refractivity contribution is 5.77. The molecule has 1 heterocycles. The van der Waals surface area contributed by atoms with Crippen molar-refractivity contribution < 1.29 is 9.21 Å². The predicted octanol–water partition coefficient (Wildman–Crippen LogP) is 2.81. The average Bonchev–Trinajstić information content (AvgIpc) is 2.85. The molecule has 1 amide bonds. The van der Waals surface area contributed by atoms with E-state index in [-0.39, 0.29) is 5.91 Å². The SMILES string of the molecule is Cc1ccc(CN(C)C(=O)CN(C)C2CCCCC2)o1. The fraction of sp³-hybridized carbons (Fsp3) is 0.688. The quantitative estimate of drug-likeness (QED) is 0.831. The van der Waals surface area contributed by atoms with E-state index in [0.717, 1.165) is 11.5 Å². The van der Waals surface area contributed by atoms with E-state index in [2.05, 4.69) is 11.9 Å². The molecule has 4 heteroatoms. The summed E-state index contributed by atoms with van der Waals surface area (Å²) >= 11 is 0.